The highest BCUT2D eigenvalue weighted by Crippen LogP contribution is 2.23. The fourth-order valence-electron chi connectivity index (χ4n) is 3.28. The zero-order chi connectivity index (χ0) is 19.6. The number of anilines is 1. The maximum atomic E-state index is 12.6. The second kappa shape index (κ2) is 7.46. The molecule has 8 heteroatoms. The minimum atomic E-state index is -3.49. The van der Waals surface area contributed by atoms with Gasteiger partial charge in [-0.25, -0.2) is 13.4 Å². The van der Waals surface area contributed by atoms with E-state index in [-0.39, 0.29) is 0 Å². The van der Waals surface area contributed by atoms with Crippen LogP contribution >= 0.6 is 0 Å². The minimum absolute atomic E-state index is 0.347. The Hall–Kier alpha value is -3.15. The number of hydrogen-bond acceptors (Lipinski definition) is 5. The lowest BCUT2D eigenvalue weighted by atomic mass is 10.2. The number of sulfonamides is 1. The molecule has 0 N–H and O–H groups in total. The third-order valence-electron chi connectivity index (χ3n) is 4.75. The van der Waals surface area contributed by atoms with Gasteiger partial charge in [-0.3, -0.25) is 4.40 Å². The third kappa shape index (κ3) is 3.50. The summed E-state index contributed by atoms with van der Waals surface area (Å²) in [5.41, 5.74) is 2.01. The van der Waals surface area contributed by atoms with Crippen molar-refractivity contribution in [3.8, 4) is 6.07 Å². The first-order valence-electron chi connectivity index (χ1n) is 8.94. The van der Waals surface area contributed by atoms with Crippen LogP contribution in [0.3, 0.4) is 0 Å². The molecule has 142 valence electrons. The lowest BCUT2D eigenvalue weighted by Crippen LogP contribution is -2.48. The summed E-state index contributed by atoms with van der Waals surface area (Å²) in [5.74, 6) is 0.602. The molecule has 0 aliphatic carbocycles. The van der Waals surface area contributed by atoms with Gasteiger partial charge in [0.2, 0.25) is 10.0 Å². The summed E-state index contributed by atoms with van der Waals surface area (Å²) in [5, 5.41) is 10.8. The van der Waals surface area contributed by atoms with Crippen LogP contribution in [0.25, 0.3) is 11.7 Å². The number of benzene rings is 1. The predicted molar refractivity (Wildman–Crippen MR) is 108 cm³/mol. The van der Waals surface area contributed by atoms with E-state index in [0.717, 1.165) is 5.56 Å². The molecule has 1 saturated heterocycles. The first-order valence-corrected chi connectivity index (χ1v) is 10.4. The average Bonchev–Trinajstić information content (AvgIpc) is 3.12. The number of rotatable bonds is 4. The van der Waals surface area contributed by atoms with Crippen molar-refractivity contribution in [3.63, 3.8) is 0 Å². The fourth-order valence-corrected chi connectivity index (χ4v) is 4.45. The molecule has 0 spiro atoms. The van der Waals surface area contributed by atoms with Gasteiger partial charge < -0.3 is 4.90 Å². The molecule has 3 aromatic rings. The Bertz CT molecular complexity index is 1150. The van der Waals surface area contributed by atoms with Crippen LogP contribution in [-0.4, -0.2) is 48.3 Å². The summed E-state index contributed by atoms with van der Waals surface area (Å²) in [6.07, 6.45) is 3.41. The molecule has 28 heavy (non-hydrogen) atoms. The second-order valence-electron chi connectivity index (χ2n) is 6.47. The van der Waals surface area contributed by atoms with Gasteiger partial charge >= 0.3 is 0 Å². The molecule has 0 amide bonds. The van der Waals surface area contributed by atoms with Gasteiger partial charge in [0.15, 0.2) is 11.5 Å². The summed E-state index contributed by atoms with van der Waals surface area (Å²) in [6.45, 7) is 1.66. The summed E-state index contributed by atoms with van der Waals surface area (Å²) in [6, 6.07) is 17.1. The van der Waals surface area contributed by atoms with Crippen molar-refractivity contribution in [1.82, 2.24) is 13.7 Å². The Morgan fingerprint density at radius 2 is 1.71 bits per heavy atom. The second-order valence-corrected chi connectivity index (χ2v) is 8.29. The highest BCUT2D eigenvalue weighted by Gasteiger charge is 2.28. The first kappa shape index (κ1) is 18.2. The van der Waals surface area contributed by atoms with Crippen molar-refractivity contribution in [2.24, 2.45) is 0 Å². The van der Waals surface area contributed by atoms with Crippen LogP contribution in [0.2, 0.25) is 0 Å². The Labute approximate surface area is 163 Å². The van der Waals surface area contributed by atoms with Crippen LogP contribution in [0.15, 0.2) is 60.1 Å². The molecule has 2 aromatic heterocycles. The SMILES string of the molecule is N#Cc1c(N2CCN(S(=O)(=O)/C=C/c3ccccc3)CC2)nc2ccccn12. The van der Waals surface area contributed by atoms with E-state index >= 15 is 0 Å². The van der Waals surface area contributed by atoms with Crippen molar-refractivity contribution in [3.05, 3.63) is 71.4 Å². The highest BCUT2D eigenvalue weighted by atomic mass is 32.2. The quantitative estimate of drug-likeness (QED) is 0.679. The normalized spacial score (nSPS) is 15.9. The van der Waals surface area contributed by atoms with Crippen molar-refractivity contribution in [2.75, 3.05) is 31.1 Å². The Morgan fingerprint density at radius 3 is 2.43 bits per heavy atom. The molecule has 1 aliphatic heterocycles. The molecule has 0 radical (unpaired) electrons. The highest BCUT2D eigenvalue weighted by molar-refractivity contribution is 7.92. The minimum Gasteiger partial charge on any atom is -0.352 e. The van der Waals surface area contributed by atoms with Crippen molar-refractivity contribution in [1.29, 1.82) is 5.26 Å². The van der Waals surface area contributed by atoms with Crippen molar-refractivity contribution in [2.45, 2.75) is 0 Å². The standard InChI is InChI=1S/C20H19N5O2S/c21-16-18-20(22-19-8-4-5-10-25(18)19)23-11-13-24(14-12-23)28(26,27)15-9-17-6-2-1-3-7-17/h1-10,15H,11-14H2/b15-9+. The van der Waals surface area contributed by atoms with E-state index in [0.29, 0.717) is 43.3 Å². The summed E-state index contributed by atoms with van der Waals surface area (Å²) in [7, 11) is -3.49. The monoisotopic (exact) mass is 393 g/mol. The molecule has 4 rings (SSSR count). The number of imidazole rings is 1. The molecule has 3 heterocycles. The molecule has 1 fully saturated rings. The van der Waals surface area contributed by atoms with Crippen molar-refractivity contribution < 1.29 is 8.42 Å². The van der Waals surface area contributed by atoms with E-state index in [9.17, 15) is 13.7 Å². The van der Waals surface area contributed by atoms with E-state index in [1.165, 1.54) is 9.71 Å². The molecule has 1 aromatic carbocycles. The van der Waals surface area contributed by atoms with Crippen LogP contribution < -0.4 is 4.90 Å². The molecule has 7 nitrogen and oxygen atoms in total. The first-order chi connectivity index (χ1) is 13.6. The van der Waals surface area contributed by atoms with Gasteiger partial charge in [-0.2, -0.15) is 9.57 Å². The van der Waals surface area contributed by atoms with Gasteiger partial charge in [0.1, 0.15) is 11.7 Å². The Kier molecular flexibility index (Phi) is 4.86. The Morgan fingerprint density at radius 1 is 1.00 bits per heavy atom. The predicted octanol–water partition coefficient (Wildman–Crippen LogP) is 2.33. The summed E-state index contributed by atoms with van der Waals surface area (Å²) >= 11 is 0. The number of fused-ring (bicyclic) bond motifs is 1. The van der Waals surface area contributed by atoms with E-state index in [2.05, 4.69) is 11.1 Å². The number of nitrogens with zero attached hydrogens (tertiary/aromatic N) is 5. The maximum absolute atomic E-state index is 12.6. The summed E-state index contributed by atoms with van der Waals surface area (Å²) < 4.78 is 28.4. The number of hydrogen-bond donors (Lipinski definition) is 0. The van der Waals surface area contributed by atoms with E-state index < -0.39 is 10.0 Å². The lowest BCUT2D eigenvalue weighted by Gasteiger charge is -2.33. The fraction of sp³-hybridized carbons (Fsp3) is 0.200. The molecule has 0 atom stereocenters. The van der Waals surface area contributed by atoms with E-state index in [1.807, 2.05) is 53.4 Å². The smallest absolute Gasteiger partial charge is 0.236 e. The van der Waals surface area contributed by atoms with Gasteiger partial charge in [-0.05, 0) is 23.8 Å². The molecular weight excluding hydrogens is 374 g/mol. The number of nitriles is 1. The third-order valence-corrected chi connectivity index (χ3v) is 6.31. The van der Waals surface area contributed by atoms with Gasteiger partial charge in [0.05, 0.1) is 0 Å². The molecule has 0 unspecified atom stereocenters. The molecule has 0 bridgehead atoms. The molecular formula is C20H19N5O2S. The van der Waals surface area contributed by atoms with Gasteiger partial charge in [-0.1, -0.05) is 36.4 Å². The molecule has 0 saturated carbocycles. The zero-order valence-corrected chi connectivity index (χ0v) is 16.0. The van der Waals surface area contributed by atoms with Gasteiger partial charge in [0, 0.05) is 37.8 Å². The van der Waals surface area contributed by atoms with Crippen LogP contribution in [0.4, 0.5) is 5.82 Å². The average molecular weight is 393 g/mol. The van der Waals surface area contributed by atoms with Crippen LogP contribution in [0.1, 0.15) is 11.3 Å². The Balaban J connectivity index is 1.49. The number of aromatic nitrogens is 2. The maximum Gasteiger partial charge on any atom is 0.236 e. The van der Waals surface area contributed by atoms with E-state index in [4.69, 9.17) is 0 Å². The number of pyridine rings is 1. The van der Waals surface area contributed by atoms with E-state index in [1.54, 1.807) is 16.7 Å². The summed E-state index contributed by atoms with van der Waals surface area (Å²) in [4.78, 5) is 6.53. The van der Waals surface area contributed by atoms with Crippen LogP contribution in [0.5, 0.6) is 0 Å². The number of piperazine rings is 1. The van der Waals surface area contributed by atoms with Crippen LogP contribution in [-0.2, 0) is 10.0 Å². The van der Waals surface area contributed by atoms with Crippen molar-refractivity contribution >= 4 is 27.6 Å². The van der Waals surface area contributed by atoms with Gasteiger partial charge in [0.25, 0.3) is 0 Å². The van der Waals surface area contributed by atoms with Gasteiger partial charge in [-0.15, -0.1) is 0 Å². The largest absolute Gasteiger partial charge is 0.352 e. The lowest BCUT2D eigenvalue weighted by molar-refractivity contribution is 0.389. The molecule has 1 aliphatic rings. The topological polar surface area (TPSA) is 81.7 Å². The zero-order valence-electron chi connectivity index (χ0n) is 15.1. The van der Waals surface area contributed by atoms with Crippen LogP contribution in [0, 0.1) is 11.3 Å².